The Morgan fingerprint density at radius 3 is 1.91 bits per heavy atom. The minimum absolute atomic E-state index is 0. The van der Waals surface area contributed by atoms with E-state index in [1.165, 1.54) is 27.5 Å². The molecule has 0 atom stereocenters. The number of hydrogen-bond donors (Lipinski definition) is 0. The fourth-order valence-corrected chi connectivity index (χ4v) is 2.42. The molecule has 0 bridgehead atoms. The van der Waals surface area contributed by atoms with Crippen LogP contribution in [0.5, 0.6) is 0 Å². The first-order chi connectivity index (χ1) is 9.94. The summed E-state index contributed by atoms with van der Waals surface area (Å²) >= 11 is 0. The zero-order valence-electron chi connectivity index (χ0n) is 15.2. The summed E-state index contributed by atoms with van der Waals surface area (Å²) in [7, 11) is 0. The third kappa shape index (κ3) is 4.73. The van der Waals surface area contributed by atoms with Gasteiger partial charge < -0.3 is 0 Å². The SMILES string of the molecule is C.C=C(C)C(C)(C)c1c(C)ccc2ccccc12.CC.CC. The Morgan fingerprint density at radius 2 is 1.41 bits per heavy atom. The lowest BCUT2D eigenvalue weighted by Gasteiger charge is -2.29. The van der Waals surface area contributed by atoms with Crippen molar-refractivity contribution in [3.8, 4) is 0 Å². The lowest BCUT2D eigenvalue weighted by Crippen LogP contribution is -2.20. The molecule has 2 rings (SSSR count). The van der Waals surface area contributed by atoms with E-state index < -0.39 is 0 Å². The van der Waals surface area contributed by atoms with Crippen LogP contribution in [0.3, 0.4) is 0 Å². The van der Waals surface area contributed by atoms with Crippen LogP contribution in [-0.4, -0.2) is 0 Å². The maximum Gasteiger partial charge on any atom is 0.0108 e. The first-order valence-corrected chi connectivity index (χ1v) is 8.09. The normalized spacial score (nSPS) is 9.64. The molecule has 0 unspecified atom stereocenters. The fraction of sp³-hybridized carbons (Fsp3) is 0.455. The number of aryl methyl sites for hydroxylation is 1. The van der Waals surface area contributed by atoms with E-state index in [1.807, 2.05) is 27.7 Å². The molecule has 0 amide bonds. The van der Waals surface area contributed by atoms with E-state index in [4.69, 9.17) is 0 Å². The van der Waals surface area contributed by atoms with Crippen molar-refractivity contribution < 1.29 is 0 Å². The van der Waals surface area contributed by atoms with Gasteiger partial charge in [0.15, 0.2) is 0 Å². The summed E-state index contributed by atoms with van der Waals surface area (Å²) < 4.78 is 0. The summed E-state index contributed by atoms with van der Waals surface area (Å²) in [5, 5.41) is 2.66. The van der Waals surface area contributed by atoms with Gasteiger partial charge in [-0.05, 0) is 35.7 Å². The predicted molar refractivity (Wildman–Crippen MR) is 106 cm³/mol. The van der Waals surface area contributed by atoms with E-state index in [1.54, 1.807) is 0 Å². The Bertz CT molecular complexity index is 574. The van der Waals surface area contributed by atoms with Crippen molar-refractivity contribution in [2.45, 2.75) is 68.2 Å². The van der Waals surface area contributed by atoms with Gasteiger partial charge in [0.25, 0.3) is 0 Å². The van der Waals surface area contributed by atoms with Crippen LogP contribution in [0, 0.1) is 6.92 Å². The highest BCUT2D eigenvalue weighted by Gasteiger charge is 2.25. The number of benzene rings is 2. The van der Waals surface area contributed by atoms with E-state index in [9.17, 15) is 0 Å². The van der Waals surface area contributed by atoms with Gasteiger partial charge in [-0.2, -0.15) is 0 Å². The standard InChI is InChI=1S/C17H20.2C2H6.CH4/c1-12(2)17(4,5)16-13(3)10-11-14-8-6-7-9-15(14)16;2*1-2;/h6-11H,1H2,2-5H3;2*1-2H3;1H4. The van der Waals surface area contributed by atoms with Gasteiger partial charge in [0.1, 0.15) is 0 Å². The zero-order chi connectivity index (χ0) is 16.6. The average Bonchev–Trinajstić information content (AvgIpc) is 2.50. The van der Waals surface area contributed by atoms with Gasteiger partial charge in [-0.1, -0.05) is 97.5 Å². The van der Waals surface area contributed by atoms with Crippen molar-refractivity contribution in [1.82, 2.24) is 0 Å². The van der Waals surface area contributed by atoms with E-state index in [0.717, 1.165) is 0 Å². The summed E-state index contributed by atoms with van der Waals surface area (Å²) in [5.41, 5.74) is 3.97. The van der Waals surface area contributed by atoms with Gasteiger partial charge in [0.2, 0.25) is 0 Å². The molecule has 0 heteroatoms. The highest BCUT2D eigenvalue weighted by Crippen LogP contribution is 2.37. The largest absolute Gasteiger partial charge is 0.0993 e. The van der Waals surface area contributed by atoms with Gasteiger partial charge in [0, 0.05) is 5.41 Å². The molecule has 0 fully saturated rings. The molecule has 0 saturated heterocycles. The molecule has 0 spiro atoms. The van der Waals surface area contributed by atoms with Crippen LogP contribution in [0.1, 0.15) is 67.0 Å². The van der Waals surface area contributed by atoms with Gasteiger partial charge in [-0.25, -0.2) is 0 Å². The van der Waals surface area contributed by atoms with Gasteiger partial charge in [0.05, 0.1) is 0 Å². The lowest BCUT2D eigenvalue weighted by molar-refractivity contribution is 0.628. The topological polar surface area (TPSA) is 0 Å². The van der Waals surface area contributed by atoms with Gasteiger partial charge in [-0.3, -0.25) is 0 Å². The Morgan fingerprint density at radius 1 is 0.909 bits per heavy atom. The molecule has 0 aliphatic carbocycles. The first kappa shape index (κ1) is 22.7. The van der Waals surface area contributed by atoms with E-state index in [2.05, 4.69) is 70.7 Å². The molecule has 2 aromatic carbocycles. The summed E-state index contributed by atoms with van der Waals surface area (Å²) in [6, 6.07) is 13.0. The molecular formula is C22H36. The molecule has 0 saturated carbocycles. The summed E-state index contributed by atoms with van der Waals surface area (Å²) in [5.74, 6) is 0. The maximum absolute atomic E-state index is 4.15. The van der Waals surface area contributed by atoms with Crippen molar-refractivity contribution in [1.29, 1.82) is 0 Å². The number of fused-ring (bicyclic) bond motifs is 1. The smallest absolute Gasteiger partial charge is 0.0108 e. The predicted octanol–water partition coefficient (Wildman–Crippen LogP) is 7.69. The van der Waals surface area contributed by atoms with Gasteiger partial charge in [-0.15, -0.1) is 0 Å². The van der Waals surface area contributed by atoms with Crippen LogP contribution in [0.15, 0.2) is 48.6 Å². The first-order valence-electron chi connectivity index (χ1n) is 8.09. The van der Waals surface area contributed by atoms with Gasteiger partial charge >= 0.3 is 0 Å². The Kier molecular flexibility index (Phi) is 10.5. The molecule has 0 aliphatic heterocycles. The van der Waals surface area contributed by atoms with Crippen molar-refractivity contribution in [2.75, 3.05) is 0 Å². The van der Waals surface area contributed by atoms with Crippen LogP contribution in [0.25, 0.3) is 10.8 Å². The third-order valence-corrected chi connectivity index (χ3v) is 3.83. The molecule has 0 heterocycles. The zero-order valence-corrected chi connectivity index (χ0v) is 15.2. The van der Waals surface area contributed by atoms with Crippen molar-refractivity contribution in [3.05, 3.63) is 59.7 Å². The molecule has 2 aromatic rings. The van der Waals surface area contributed by atoms with Crippen molar-refractivity contribution >= 4 is 10.8 Å². The Hall–Kier alpha value is -1.56. The second kappa shape index (κ2) is 10.2. The van der Waals surface area contributed by atoms with Crippen LogP contribution < -0.4 is 0 Å². The minimum Gasteiger partial charge on any atom is -0.0993 e. The van der Waals surface area contributed by atoms with E-state index in [-0.39, 0.29) is 12.8 Å². The number of allylic oxidation sites excluding steroid dienone is 1. The molecule has 22 heavy (non-hydrogen) atoms. The highest BCUT2D eigenvalue weighted by molar-refractivity contribution is 5.88. The number of rotatable bonds is 2. The summed E-state index contributed by atoms with van der Waals surface area (Å²) in [4.78, 5) is 0. The van der Waals surface area contributed by atoms with Crippen LogP contribution in [0.4, 0.5) is 0 Å². The summed E-state index contributed by atoms with van der Waals surface area (Å²) in [6.07, 6.45) is 0. The molecule has 0 radical (unpaired) electrons. The third-order valence-electron chi connectivity index (χ3n) is 3.83. The maximum atomic E-state index is 4.15. The Balaban J connectivity index is 0. The van der Waals surface area contributed by atoms with Crippen LogP contribution in [-0.2, 0) is 5.41 Å². The summed E-state index contributed by atoms with van der Waals surface area (Å²) in [6.45, 7) is 21.0. The second-order valence-corrected chi connectivity index (χ2v) is 5.38. The van der Waals surface area contributed by atoms with Crippen LogP contribution in [0.2, 0.25) is 0 Å². The Labute approximate surface area is 139 Å². The number of hydrogen-bond acceptors (Lipinski definition) is 0. The average molecular weight is 301 g/mol. The molecule has 124 valence electrons. The van der Waals surface area contributed by atoms with Crippen molar-refractivity contribution in [3.63, 3.8) is 0 Å². The molecule has 0 aliphatic rings. The minimum atomic E-state index is 0. The van der Waals surface area contributed by atoms with E-state index >= 15 is 0 Å². The van der Waals surface area contributed by atoms with Crippen LogP contribution >= 0.6 is 0 Å². The molecule has 0 aromatic heterocycles. The highest BCUT2D eigenvalue weighted by atomic mass is 14.3. The lowest BCUT2D eigenvalue weighted by atomic mass is 9.75. The second-order valence-electron chi connectivity index (χ2n) is 5.38. The molecule has 0 nitrogen and oxygen atoms in total. The monoisotopic (exact) mass is 300 g/mol. The molecular weight excluding hydrogens is 264 g/mol. The van der Waals surface area contributed by atoms with E-state index in [0.29, 0.717) is 0 Å². The molecule has 0 N–H and O–H groups in total. The fourth-order valence-electron chi connectivity index (χ4n) is 2.42. The van der Waals surface area contributed by atoms with Crippen molar-refractivity contribution in [2.24, 2.45) is 0 Å². The quantitative estimate of drug-likeness (QED) is 0.499.